The molecular weight excluding hydrogens is 512 g/mol. The number of hydrogen-bond acceptors (Lipinski definition) is 7. The molecule has 0 radical (unpaired) electrons. The van der Waals surface area contributed by atoms with Gasteiger partial charge in [0.15, 0.2) is 0 Å². The number of rotatable bonds is 11. The molecule has 3 aromatic rings. The molecule has 2 heterocycles. The number of ether oxygens (including phenoxy) is 3. The Morgan fingerprint density at radius 3 is 2.38 bits per heavy atom. The van der Waals surface area contributed by atoms with Crippen molar-refractivity contribution in [3.63, 3.8) is 0 Å². The number of carboxylic acid groups (broad SMARTS) is 1. The molecule has 4 rings (SSSR count). The van der Waals surface area contributed by atoms with Gasteiger partial charge in [-0.1, -0.05) is 33.4 Å². The quantitative estimate of drug-likeness (QED) is 0.314. The number of hydrogen-bond donors (Lipinski definition) is 1. The highest BCUT2D eigenvalue weighted by Crippen LogP contribution is 2.29. The fraction of sp³-hybridized carbons (Fsp3) is 0.452. The number of carboxylic acids is 1. The van der Waals surface area contributed by atoms with Gasteiger partial charge in [0.2, 0.25) is 5.89 Å². The number of aliphatic carboxylic acids is 1. The zero-order valence-corrected chi connectivity index (χ0v) is 22.9. The second-order valence-corrected chi connectivity index (χ2v) is 10.3. The summed E-state index contributed by atoms with van der Waals surface area (Å²) in [7, 11) is 1.63. The van der Waals surface area contributed by atoms with E-state index in [9.17, 15) is 14.7 Å². The number of carbonyl (C=O) groups excluding carboxylic acids is 1. The number of benzene rings is 2. The van der Waals surface area contributed by atoms with Gasteiger partial charge in [0, 0.05) is 25.1 Å². The Kier molecular flexibility index (Phi) is 10.6. The van der Waals surface area contributed by atoms with Crippen molar-refractivity contribution in [3.05, 3.63) is 65.5 Å². The van der Waals surface area contributed by atoms with Crippen LogP contribution in [0.4, 0.5) is 4.79 Å². The van der Waals surface area contributed by atoms with Crippen LogP contribution in [0.1, 0.15) is 38.3 Å². The van der Waals surface area contributed by atoms with E-state index in [1.165, 1.54) is 4.90 Å². The fourth-order valence-electron chi connectivity index (χ4n) is 4.64. The number of aryl methyl sites for hydroxylation is 1. The van der Waals surface area contributed by atoms with Gasteiger partial charge in [0.1, 0.15) is 17.3 Å². The summed E-state index contributed by atoms with van der Waals surface area (Å²) in [5, 5.41) is 9.71. The van der Waals surface area contributed by atoms with Gasteiger partial charge in [-0.25, -0.2) is 9.78 Å². The zero-order chi connectivity index (χ0) is 27.9. The van der Waals surface area contributed by atoms with Gasteiger partial charge >= 0.3 is 12.1 Å². The van der Waals surface area contributed by atoms with Crippen LogP contribution in [-0.2, 0) is 22.4 Å². The first-order valence-electron chi connectivity index (χ1n) is 13.2. The van der Waals surface area contributed by atoms with Crippen LogP contribution in [0.15, 0.2) is 52.9 Å². The van der Waals surface area contributed by atoms with Gasteiger partial charge in [0.05, 0.1) is 31.9 Å². The maximum atomic E-state index is 12.4. The van der Waals surface area contributed by atoms with Crippen LogP contribution in [0.2, 0.25) is 0 Å². The summed E-state index contributed by atoms with van der Waals surface area (Å²) in [5.41, 5.74) is 2.71. The molecule has 1 saturated heterocycles. The molecule has 1 aliphatic rings. The lowest BCUT2D eigenvalue weighted by Gasteiger charge is -2.17. The van der Waals surface area contributed by atoms with Crippen LogP contribution >= 0.6 is 0 Å². The van der Waals surface area contributed by atoms with Crippen LogP contribution in [-0.4, -0.2) is 60.5 Å². The molecule has 1 aliphatic heterocycles. The van der Waals surface area contributed by atoms with E-state index in [-0.39, 0.29) is 25.8 Å². The smallest absolute Gasteiger partial charge is 0.409 e. The Balaban J connectivity index is 0.00000441. The van der Waals surface area contributed by atoms with Crippen LogP contribution in [0, 0.1) is 24.7 Å². The Morgan fingerprint density at radius 2 is 1.75 bits per heavy atom. The van der Waals surface area contributed by atoms with E-state index >= 15 is 0 Å². The Bertz CT molecular complexity index is 1250. The molecular formula is C31H40N2O7. The average molecular weight is 553 g/mol. The normalized spacial score (nSPS) is 16.5. The molecule has 0 unspecified atom stereocenters. The van der Waals surface area contributed by atoms with Gasteiger partial charge in [-0.05, 0) is 67.1 Å². The Morgan fingerprint density at radius 1 is 1.07 bits per heavy atom. The second kappa shape index (κ2) is 13.9. The topological polar surface area (TPSA) is 111 Å². The van der Waals surface area contributed by atoms with Crippen LogP contribution < -0.4 is 9.47 Å². The van der Waals surface area contributed by atoms with Crippen molar-refractivity contribution >= 4 is 12.1 Å². The summed E-state index contributed by atoms with van der Waals surface area (Å²) in [5.74, 6) is 1.33. The molecule has 1 fully saturated rings. The van der Waals surface area contributed by atoms with Crippen LogP contribution in [0.5, 0.6) is 11.5 Å². The fourth-order valence-corrected chi connectivity index (χ4v) is 4.64. The highest BCUT2D eigenvalue weighted by molar-refractivity contribution is 5.74. The highest BCUT2D eigenvalue weighted by atomic mass is 16.6. The van der Waals surface area contributed by atoms with Gasteiger partial charge in [-0.15, -0.1) is 0 Å². The molecule has 9 heteroatoms. The van der Waals surface area contributed by atoms with Gasteiger partial charge < -0.3 is 28.6 Å². The van der Waals surface area contributed by atoms with E-state index in [0.717, 1.165) is 34.1 Å². The summed E-state index contributed by atoms with van der Waals surface area (Å²) in [6.07, 6.45) is 0.704. The molecule has 216 valence electrons. The van der Waals surface area contributed by atoms with E-state index < -0.39 is 18.0 Å². The first kappa shape index (κ1) is 30.5. The third-order valence-corrected chi connectivity index (χ3v) is 6.82. The summed E-state index contributed by atoms with van der Waals surface area (Å²) in [4.78, 5) is 30.3. The number of methoxy groups -OCH3 is 1. The van der Waals surface area contributed by atoms with Crippen molar-refractivity contribution in [1.29, 1.82) is 0 Å². The third kappa shape index (κ3) is 7.77. The molecule has 0 bridgehead atoms. The van der Waals surface area contributed by atoms with Crippen molar-refractivity contribution in [2.45, 2.75) is 41.0 Å². The first-order chi connectivity index (χ1) is 18.7. The molecule has 0 spiro atoms. The van der Waals surface area contributed by atoms with Crippen molar-refractivity contribution in [3.8, 4) is 23.0 Å². The van der Waals surface area contributed by atoms with Crippen LogP contribution in [0.3, 0.4) is 0 Å². The molecule has 40 heavy (non-hydrogen) atoms. The van der Waals surface area contributed by atoms with Gasteiger partial charge in [0.25, 0.3) is 0 Å². The molecule has 1 amide bonds. The summed E-state index contributed by atoms with van der Waals surface area (Å²) >= 11 is 0. The van der Waals surface area contributed by atoms with Crippen molar-refractivity contribution < 1.29 is 33.3 Å². The van der Waals surface area contributed by atoms with Crippen LogP contribution in [0.25, 0.3) is 11.5 Å². The lowest BCUT2D eigenvalue weighted by atomic mass is 9.90. The van der Waals surface area contributed by atoms with Gasteiger partial charge in [-0.2, -0.15) is 0 Å². The lowest BCUT2D eigenvalue weighted by Crippen LogP contribution is -2.31. The molecule has 2 atom stereocenters. The maximum absolute atomic E-state index is 12.4. The largest absolute Gasteiger partial charge is 0.497 e. The van der Waals surface area contributed by atoms with Gasteiger partial charge in [-0.3, -0.25) is 4.79 Å². The van der Waals surface area contributed by atoms with E-state index in [4.69, 9.17) is 18.6 Å². The van der Waals surface area contributed by atoms with Crippen molar-refractivity contribution in [1.82, 2.24) is 9.88 Å². The molecule has 1 aromatic heterocycles. The van der Waals surface area contributed by atoms with E-state index in [0.29, 0.717) is 38.5 Å². The van der Waals surface area contributed by atoms with E-state index in [2.05, 4.69) is 4.98 Å². The van der Waals surface area contributed by atoms with E-state index in [1.807, 2.05) is 69.3 Å². The summed E-state index contributed by atoms with van der Waals surface area (Å²) in [6, 6.07) is 15.2. The number of oxazole rings is 1. The summed E-state index contributed by atoms with van der Waals surface area (Å²) in [6.45, 7) is 7.10. The Hall–Kier alpha value is -4.01. The minimum atomic E-state index is -0.891. The minimum Gasteiger partial charge on any atom is -0.497 e. The maximum Gasteiger partial charge on any atom is 0.409 e. The van der Waals surface area contributed by atoms with E-state index in [1.54, 1.807) is 7.11 Å². The minimum absolute atomic E-state index is 0. The van der Waals surface area contributed by atoms with Crippen molar-refractivity contribution in [2.24, 2.45) is 17.8 Å². The molecule has 9 nitrogen and oxygen atoms in total. The number of nitrogens with zero attached hydrogens (tertiary/aromatic N) is 2. The predicted molar refractivity (Wildman–Crippen MR) is 152 cm³/mol. The number of likely N-dealkylation sites (tertiary alicyclic amines) is 1. The average Bonchev–Trinajstić information content (AvgIpc) is 3.52. The van der Waals surface area contributed by atoms with Crippen molar-refractivity contribution in [2.75, 3.05) is 33.4 Å². The number of aromatic nitrogens is 1. The number of amides is 1. The SMILES string of the molecule is C.COc1ccc(-c2nc(CCOc3ccc(C[C@@H]4CN(C(=O)OCC(C)C)C[C@@H]4C(=O)O)cc3)c(C)o2)cc1. The molecule has 0 saturated carbocycles. The molecule has 0 aliphatic carbocycles. The predicted octanol–water partition coefficient (Wildman–Crippen LogP) is 5.88. The lowest BCUT2D eigenvalue weighted by molar-refractivity contribution is -0.142. The third-order valence-electron chi connectivity index (χ3n) is 6.82. The zero-order valence-electron chi connectivity index (χ0n) is 22.9. The highest BCUT2D eigenvalue weighted by Gasteiger charge is 2.40. The molecule has 2 aromatic carbocycles. The second-order valence-electron chi connectivity index (χ2n) is 10.3. The number of carbonyl (C=O) groups is 2. The standard InChI is InChI=1S/C30H36N2O7.CH4/c1-19(2)18-38-30(35)32-16-23(26(17-32)29(33)34)15-21-5-9-25(10-6-21)37-14-13-27-20(3)39-28(31-27)22-7-11-24(36-4)12-8-22;/h5-12,19,23,26H,13-18H2,1-4H3,(H,33,34);1H4/t23-,26+;/m1./s1. The Labute approximate surface area is 236 Å². The summed E-state index contributed by atoms with van der Waals surface area (Å²) < 4.78 is 22.3. The monoisotopic (exact) mass is 552 g/mol. The molecule has 1 N–H and O–H groups in total. The first-order valence-corrected chi connectivity index (χ1v) is 13.2.